The second-order valence-corrected chi connectivity index (χ2v) is 14.5. The fourth-order valence-corrected chi connectivity index (χ4v) is 7.16. The molecule has 2 fully saturated rings. The Morgan fingerprint density at radius 3 is 2.41 bits per heavy atom. The fraction of sp³-hybridized carbons (Fsp3) is 0.794. The van der Waals surface area contributed by atoms with Crippen molar-refractivity contribution in [2.24, 2.45) is 17.8 Å². The summed E-state index contributed by atoms with van der Waals surface area (Å²) in [6, 6.07) is 6.30. The number of hydrogen-bond donors (Lipinski definition) is 6. The third-order valence-corrected chi connectivity index (χ3v) is 9.99. The quantitative estimate of drug-likeness (QED) is 0.247. The van der Waals surface area contributed by atoms with Gasteiger partial charge in [-0.15, -0.1) is 0 Å². The Balaban J connectivity index is 2.01. The zero-order valence-electron chi connectivity index (χ0n) is 28.8. The first-order valence-electron chi connectivity index (χ1n) is 16.6. The van der Waals surface area contributed by atoms with Crippen molar-refractivity contribution >= 4 is 17.6 Å². The van der Waals surface area contributed by atoms with Crippen LogP contribution in [0.4, 0.5) is 0 Å². The van der Waals surface area contributed by atoms with Crippen molar-refractivity contribution in [1.82, 2.24) is 10.6 Å². The van der Waals surface area contributed by atoms with Gasteiger partial charge in [0.05, 0.1) is 35.9 Å². The van der Waals surface area contributed by atoms with E-state index in [1.54, 1.807) is 58.9 Å². The highest BCUT2D eigenvalue weighted by atomic mass is 35.5. The lowest BCUT2D eigenvalue weighted by molar-refractivity contribution is -0.290. The number of aliphatic hydroxyl groups excluding tert-OH is 2. The largest absolute Gasteiger partial charge is 0.483 e. The SMILES string of the molecule is CC[C@H]1OC(=O)[C@H](C)[C@@H](O)[C@H](C)[C@@H](O[C@@H]2O[C@H](C)C[C@H](NC)[C@H]2Oc2cccc(Cl)c2)[C@](C)(O)C[C@@H](C)CN[C@H](C)[C@@H](O)[C@]1(C)O. The van der Waals surface area contributed by atoms with E-state index in [0.717, 1.165) is 0 Å². The number of carbonyl (C=O) groups excluding carboxylic acids is 1. The first-order chi connectivity index (χ1) is 21.4. The average Bonchev–Trinajstić information content (AvgIpc) is 2.99. The highest BCUT2D eigenvalue weighted by Gasteiger charge is 2.49. The standard InChI is InChI=1S/C34H57ClN2O9/c1-10-26-34(8,42)29(39)22(6)37-17-18(2)16-33(7,41)30(20(4)27(38)21(5)31(40)45-26)46-32-28(25(36-9)14-19(3)43-32)44-24-13-11-12-23(35)15-24/h11-13,15,18-22,25-30,32,36-39,41-42H,10,14,16-17H2,1-9H3/t18-,19-,20+,21-,22-,25+,26-,27+,28-,29-,30-,32+,33-,34-/m1/s1. The lowest BCUT2D eigenvalue weighted by Gasteiger charge is -2.46. The predicted molar refractivity (Wildman–Crippen MR) is 176 cm³/mol. The average molecular weight is 673 g/mol. The maximum Gasteiger partial charge on any atom is 0.311 e. The zero-order chi connectivity index (χ0) is 34.6. The molecule has 46 heavy (non-hydrogen) atoms. The molecule has 2 aliphatic heterocycles. The predicted octanol–water partition coefficient (Wildman–Crippen LogP) is 3.03. The Morgan fingerprint density at radius 2 is 1.80 bits per heavy atom. The highest BCUT2D eigenvalue weighted by Crippen LogP contribution is 2.36. The van der Waals surface area contributed by atoms with Crippen molar-refractivity contribution < 1.29 is 44.2 Å². The molecule has 3 rings (SSSR count). The molecule has 0 unspecified atom stereocenters. The molecule has 264 valence electrons. The number of nitrogens with one attached hydrogen (secondary N) is 2. The molecule has 11 nitrogen and oxygen atoms in total. The maximum absolute atomic E-state index is 13.4. The van der Waals surface area contributed by atoms with Gasteiger partial charge in [0.1, 0.15) is 23.6 Å². The molecule has 1 aromatic rings. The van der Waals surface area contributed by atoms with E-state index in [1.807, 2.05) is 20.9 Å². The van der Waals surface area contributed by atoms with Gasteiger partial charge in [0.2, 0.25) is 0 Å². The minimum atomic E-state index is -1.76. The van der Waals surface area contributed by atoms with E-state index in [1.165, 1.54) is 6.92 Å². The summed E-state index contributed by atoms with van der Waals surface area (Å²) in [6.07, 6.45) is -5.30. The van der Waals surface area contributed by atoms with Gasteiger partial charge in [0.15, 0.2) is 12.4 Å². The van der Waals surface area contributed by atoms with E-state index in [0.29, 0.717) is 23.7 Å². The van der Waals surface area contributed by atoms with Gasteiger partial charge >= 0.3 is 5.97 Å². The van der Waals surface area contributed by atoms with E-state index in [-0.39, 0.29) is 30.9 Å². The molecule has 0 bridgehead atoms. The number of aliphatic hydroxyl groups is 4. The lowest BCUT2D eigenvalue weighted by atomic mass is 9.78. The highest BCUT2D eigenvalue weighted by molar-refractivity contribution is 6.30. The molecule has 1 aromatic carbocycles. The number of esters is 1. The van der Waals surface area contributed by atoms with E-state index >= 15 is 0 Å². The van der Waals surface area contributed by atoms with Crippen molar-refractivity contribution in [3.63, 3.8) is 0 Å². The molecule has 0 radical (unpaired) electrons. The van der Waals surface area contributed by atoms with Gasteiger partial charge in [0.25, 0.3) is 0 Å². The third kappa shape index (κ3) is 9.33. The van der Waals surface area contributed by atoms with Crippen LogP contribution in [0.25, 0.3) is 0 Å². The zero-order valence-corrected chi connectivity index (χ0v) is 29.5. The number of carbonyl (C=O) groups is 1. The summed E-state index contributed by atoms with van der Waals surface area (Å²) in [5.74, 6) is -2.16. The summed E-state index contributed by atoms with van der Waals surface area (Å²) in [5, 5.41) is 53.2. The Morgan fingerprint density at radius 1 is 1.13 bits per heavy atom. The number of benzene rings is 1. The molecule has 14 atom stereocenters. The van der Waals surface area contributed by atoms with Crippen molar-refractivity contribution in [1.29, 1.82) is 0 Å². The number of halogens is 1. The fourth-order valence-electron chi connectivity index (χ4n) is 6.98. The van der Waals surface area contributed by atoms with Gasteiger partial charge in [-0.05, 0) is 91.6 Å². The van der Waals surface area contributed by atoms with Crippen LogP contribution >= 0.6 is 11.6 Å². The van der Waals surface area contributed by atoms with Gasteiger partial charge < -0.3 is 50.0 Å². The van der Waals surface area contributed by atoms with Gasteiger partial charge in [-0.1, -0.05) is 38.4 Å². The Labute approximate surface area is 279 Å². The summed E-state index contributed by atoms with van der Waals surface area (Å²) in [7, 11) is 1.83. The van der Waals surface area contributed by atoms with E-state index in [2.05, 4.69) is 10.6 Å². The van der Waals surface area contributed by atoms with Crippen molar-refractivity contribution in [3.05, 3.63) is 29.3 Å². The topological polar surface area (TPSA) is 159 Å². The normalized spacial score (nSPS) is 43.7. The molecule has 0 aromatic heterocycles. The molecule has 0 amide bonds. The Hall–Kier alpha value is -1.54. The molecular formula is C34H57ClN2O9. The maximum atomic E-state index is 13.4. The van der Waals surface area contributed by atoms with Gasteiger partial charge in [-0.25, -0.2) is 0 Å². The van der Waals surface area contributed by atoms with Crippen molar-refractivity contribution in [2.75, 3.05) is 13.6 Å². The Kier molecular flexibility index (Phi) is 13.7. The van der Waals surface area contributed by atoms with Crippen LogP contribution in [-0.2, 0) is 19.0 Å². The third-order valence-electron chi connectivity index (χ3n) is 9.75. The molecule has 0 aliphatic carbocycles. The van der Waals surface area contributed by atoms with Gasteiger partial charge in [-0.2, -0.15) is 0 Å². The summed E-state index contributed by atoms with van der Waals surface area (Å²) >= 11 is 6.24. The molecule has 2 saturated heterocycles. The van der Waals surface area contributed by atoms with Crippen LogP contribution in [0.3, 0.4) is 0 Å². The summed E-state index contributed by atoms with van der Waals surface area (Å²) in [6.45, 7) is 14.2. The number of hydrogen-bond acceptors (Lipinski definition) is 11. The van der Waals surface area contributed by atoms with Crippen LogP contribution in [0.2, 0.25) is 5.02 Å². The number of ether oxygens (including phenoxy) is 4. The number of likely N-dealkylation sites (N-methyl/N-ethyl adjacent to an activating group) is 1. The Bertz CT molecular complexity index is 1120. The smallest absolute Gasteiger partial charge is 0.311 e. The van der Waals surface area contributed by atoms with E-state index < -0.39 is 71.9 Å². The monoisotopic (exact) mass is 672 g/mol. The molecule has 2 aliphatic rings. The molecule has 0 spiro atoms. The van der Waals surface area contributed by atoms with Gasteiger partial charge in [0, 0.05) is 17.0 Å². The van der Waals surface area contributed by atoms with Crippen LogP contribution in [0.15, 0.2) is 24.3 Å². The number of cyclic esters (lactones) is 1. The van der Waals surface area contributed by atoms with Crippen LogP contribution < -0.4 is 15.4 Å². The molecule has 12 heteroatoms. The summed E-state index contributed by atoms with van der Waals surface area (Å²) in [4.78, 5) is 13.4. The van der Waals surface area contributed by atoms with Crippen LogP contribution in [0.5, 0.6) is 5.75 Å². The molecule has 2 heterocycles. The molecule has 6 N–H and O–H groups in total. The summed E-state index contributed by atoms with van der Waals surface area (Å²) < 4.78 is 25.2. The number of rotatable bonds is 6. The van der Waals surface area contributed by atoms with Crippen LogP contribution in [0.1, 0.15) is 74.7 Å². The van der Waals surface area contributed by atoms with Gasteiger partial charge in [-0.3, -0.25) is 4.79 Å². The first kappa shape index (κ1) is 38.9. The van der Waals surface area contributed by atoms with Crippen molar-refractivity contribution in [2.45, 2.75) is 141 Å². The molecular weight excluding hydrogens is 616 g/mol. The second-order valence-electron chi connectivity index (χ2n) is 14.0. The van der Waals surface area contributed by atoms with Crippen LogP contribution in [0, 0.1) is 17.8 Å². The van der Waals surface area contributed by atoms with E-state index in [4.69, 9.17) is 30.5 Å². The summed E-state index contributed by atoms with van der Waals surface area (Å²) in [5.41, 5.74) is -3.27. The van der Waals surface area contributed by atoms with Crippen LogP contribution in [-0.4, -0.2) is 106 Å². The van der Waals surface area contributed by atoms with E-state index in [9.17, 15) is 25.2 Å². The second kappa shape index (κ2) is 16.2. The minimum Gasteiger partial charge on any atom is -0.483 e. The lowest BCUT2D eigenvalue weighted by Crippen LogP contribution is -2.60. The minimum absolute atomic E-state index is 0.123. The first-order valence-corrected chi connectivity index (χ1v) is 17.0. The molecule has 0 saturated carbocycles. The van der Waals surface area contributed by atoms with Crippen molar-refractivity contribution in [3.8, 4) is 5.75 Å².